The number of ether oxygens (including phenoxy) is 3. The van der Waals surface area contributed by atoms with E-state index in [1.54, 1.807) is 20.3 Å². The van der Waals surface area contributed by atoms with Gasteiger partial charge in [0, 0.05) is 18.7 Å². The van der Waals surface area contributed by atoms with E-state index in [1.807, 2.05) is 13.0 Å². The van der Waals surface area contributed by atoms with Gasteiger partial charge in [-0.2, -0.15) is 13.2 Å². The van der Waals surface area contributed by atoms with Gasteiger partial charge >= 0.3 is 6.18 Å². The van der Waals surface area contributed by atoms with Gasteiger partial charge in [-0.25, -0.2) is 4.99 Å². The molecular weight excluding hydrogens is 399 g/mol. The second kappa shape index (κ2) is 10.6. The summed E-state index contributed by atoms with van der Waals surface area (Å²) in [5.41, 5.74) is 0.819. The van der Waals surface area contributed by atoms with Crippen molar-refractivity contribution in [2.75, 3.05) is 27.9 Å². The topological polar surface area (TPSA) is 64.1 Å². The summed E-state index contributed by atoms with van der Waals surface area (Å²) in [5.74, 6) is 2.11. The number of nitrogens with one attached hydrogen (secondary N) is 2. The van der Waals surface area contributed by atoms with Crippen molar-refractivity contribution in [1.82, 2.24) is 10.6 Å². The Hall–Kier alpha value is -3.10. The number of guanidine groups is 1. The largest absolute Gasteiger partial charge is 0.493 e. The minimum absolute atomic E-state index is 0.233. The van der Waals surface area contributed by atoms with Gasteiger partial charge in [0.2, 0.25) is 5.75 Å². The summed E-state index contributed by atoms with van der Waals surface area (Å²) in [4.78, 5) is 4.44. The number of aliphatic imine (C=N–C) groups is 1. The van der Waals surface area contributed by atoms with E-state index in [2.05, 4.69) is 15.6 Å². The van der Waals surface area contributed by atoms with Crippen LogP contribution in [0.5, 0.6) is 17.2 Å². The Kier molecular flexibility index (Phi) is 8.20. The van der Waals surface area contributed by atoms with Crippen LogP contribution in [0, 0.1) is 0 Å². The summed E-state index contributed by atoms with van der Waals surface area (Å²) in [6, 6.07) is 8.59. The fourth-order valence-corrected chi connectivity index (χ4v) is 2.79. The maximum Gasteiger partial charge on any atom is 0.416 e. The van der Waals surface area contributed by atoms with Gasteiger partial charge in [-0.05, 0) is 36.8 Å². The molecular formula is C21H26F3N3O3. The second-order valence-corrected chi connectivity index (χ2v) is 6.24. The molecule has 0 saturated heterocycles. The van der Waals surface area contributed by atoms with Crippen LogP contribution in [-0.4, -0.2) is 33.8 Å². The summed E-state index contributed by atoms with van der Waals surface area (Å²) < 4.78 is 54.2. The fraction of sp³-hybridized carbons (Fsp3) is 0.381. The van der Waals surface area contributed by atoms with Gasteiger partial charge < -0.3 is 24.8 Å². The first-order chi connectivity index (χ1) is 14.3. The average molecular weight is 425 g/mol. The van der Waals surface area contributed by atoms with Gasteiger partial charge in [0.15, 0.2) is 17.5 Å². The van der Waals surface area contributed by atoms with Crippen molar-refractivity contribution >= 4 is 5.96 Å². The van der Waals surface area contributed by atoms with Gasteiger partial charge in [-0.1, -0.05) is 12.1 Å². The quantitative estimate of drug-likeness (QED) is 0.495. The lowest BCUT2D eigenvalue weighted by Crippen LogP contribution is -2.36. The number of methoxy groups -OCH3 is 3. The zero-order chi connectivity index (χ0) is 22.1. The highest BCUT2D eigenvalue weighted by atomic mass is 19.4. The molecule has 0 radical (unpaired) electrons. The van der Waals surface area contributed by atoms with Crippen LogP contribution in [0.1, 0.15) is 23.6 Å². The molecule has 30 heavy (non-hydrogen) atoms. The third kappa shape index (κ3) is 5.95. The van der Waals surface area contributed by atoms with Gasteiger partial charge in [-0.3, -0.25) is 0 Å². The van der Waals surface area contributed by atoms with Crippen molar-refractivity contribution < 1.29 is 27.4 Å². The van der Waals surface area contributed by atoms with E-state index in [4.69, 9.17) is 14.2 Å². The fourth-order valence-electron chi connectivity index (χ4n) is 2.79. The zero-order valence-electron chi connectivity index (χ0n) is 17.4. The molecule has 0 atom stereocenters. The maximum atomic E-state index is 12.7. The molecule has 2 rings (SSSR count). The van der Waals surface area contributed by atoms with Gasteiger partial charge in [-0.15, -0.1) is 0 Å². The molecule has 164 valence electrons. The standard InChI is InChI=1S/C21H26F3N3O3/c1-5-25-20(26-12-14-6-9-16(10-7-14)21(22,23)24)27-13-15-8-11-17(28-2)19(30-4)18(15)29-3/h6-11H,5,12-13H2,1-4H3,(H2,25,26,27). The normalized spacial score (nSPS) is 11.8. The molecule has 0 saturated carbocycles. The van der Waals surface area contributed by atoms with Gasteiger partial charge in [0.05, 0.1) is 33.4 Å². The predicted octanol–water partition coefficient (Wildman–Crippen LogP) is 3.99. The van der Waals surface area contributed by atoms with E-state index in [0.29, 0.717) is 41.9 Å². The van der Waals surface area contributed by atoms with Crippen LogP contribution in [0.4, 0.5) is 13.2 Å². The number of hydrogen-bond acceptors (Lipinski definition) is 4. The number of halogens is 3. The second-order valence-electron chi connectivity index (χ2n) is 6.24. The van der Waals surface area contributed by atoms with E-state index in [0.717, 1.165) is 17.7 Å². The summed E-state index contributed by atoms with van der Waals surface area (Å²) in [6.45, 7) is 3.17. The Morgan fingerprint density at radius 3 is 2.10 bits per heavy atom. The Morgan fingerprint density at radius 2 is 1.57 bits per heavy atom. The Bertz CT molecular complexity index is 853. The molecule has 0 bridgehead atoms. The third-order valence-electron chi connectivity index (χ3n) is 4.28. The van der Waals surface area contributed by atoms with Crippen LogP contribution in [0.25, 0.3) is 0 Å². The van der Waals surface area contributed by atoms with E-state index >= 15 is 0 Å². The Morgan fingerprint density at radius 1 is 0.900 bits per heavy atom. The molecule has 6 nitrogen and oxygen atoms in total. The lowest BCUT2D eigenvalue weighted by molar-refractivity contribution is -0.137. The molecule has 0 aliphatic heterocycles. The predicted molar refractivity (Wildman–Crippen MR) is 109 cm³/mol. The first-order valence-corrected chi connectivity index (χ1v) is 9.30. The van der Waals surface area contributed by atoms with E-state index in [9.17, 15) is 13.2 Å². The molecule has 0 fully saturated rings. The number of rotatable bonds is 8. The number of nitrogens with zero attached hydrogens (tertiary/aromatic N) is 1. The highest BCUT2D eigenvalue weighted by molar-refractivity contribution is 5.79. The smallest absolute Gasteiger partial charge is 0.416 e. The number of benzene rings is 2. The van der Waals surface area contributed by atoms with E-state index in [-0.39, 0.29) is 6.54 Å². The minimum Gasteiger partial charge on any atom is -0.493 e. The molecule has 9 heteroatoms. The molecule has 2 aromatic carbocycles. The zero-order valence-corrected chi connectivity index (χ0v) is 17.4. The Balaban J connectivity index is 2.12. The molecule has 0 aromatic heterocycles. The first kappa shape index (κ1) is 23.2. The van der Waals surface area contributed by atoms with Crippen LogP contribution >= 0.6 is 0 Å². The van der Waals surface area contributed by atoms with Crippen molar-refractivity contribution in [2.45, 2.75) is 26.2 Å². The maximum absolute atomic E-state index is 12.7. The number of hydrogen-bond donors (Lipinski definition) is 2. The molecule has 0 spiro atoms. The first-order valence-electron chi connectivity index (χ1n) is 9.30. The van der Waals surface area contributed by atoms with Crippen molar-refractivity contribution in [3.8, 4) is 17.2 Å². The minimum atomic E-state index is -4.35. The van der Waals surface area contributed by atoms with Crippen molar-refractivity contribution in [3.63, 3.8) is 0 Å². The molecule has 2 N–H and O–H groups in total. The van der Waals surface area contributed by atoms with Crippen molar-refractivity contribution in [1.29, 1.82) is 0 Å². The van der Waals surface area contributed by atoms with Crippen LogP contribution in [0.3, 0.4) is 0 Å². The van der Waals surface area contributed by atoms with Crippen LogP contribution in [0.15, 0.2) is 41.4 Å². The third-order valence-corrected chi connectivity index (χ3v) is 4.28. The van der Waals surface area contributed by atoms with E-state index in [1.165, 1.54) is 19.2 Å². The summed E-state index contributed by atoms with van der Waals surface area (Å²) >= 11 is 0. The SMILES string of the molecule is CCNC(=NCc1ccc(C(F)(F)F)cc1)NCc1ccc(OC)c(OC)c1OC. The Labute approximate surface area is 174 Å². The lowest BCUT2D eigenvalue weighted by Gasteiger charge is -2.17. The molecule has 0 aliphatic rings. The molecule has 2 aromatic rings. The molecule has 0 heterocycles. The highest BCUT2D eigenvalue weighted by Gasteiger charge is 2.29. The van der Waals surface area contributed by atoms with E-state index < -0.39 is 11.7 Å². The average Bonchev–Trinajstić information content (AvgIpc) is 2.74. The van der Waals surface area contributed by atoms with Gasteiger partial charge in [0.25, 0.3) is 0 Å². The number of alkyl halides is 3. The molecule has 0 aliphatic carbocycles. The summed E-state index contributed by atoms with van der Waals surface area (Å²) in [5, 5.41) is 6.30. The lowest BCUT2D eigenvalue weighted by atomic mass is 10.1. The molecule has 0 amide bonds. The van der Waals surface area contributed by atoms with Crippen molar-refractivity contribution in [2.24, 2.45) is 4.99 Å². The monoisotopic (exact) mass is 425 g/mol. The molecule has 0 unspecified atom stereocenters. The van der Waals surface area contributed by atoms with Crippen molar-refractivity contribution in [3.05, 3.63) is 53.1 Å². The van der Waals surface area contributed by atoms with Crippen LogP contribution < -0.4 is 24.8 Å². The van der Waals surface area contributed by atoms with Crippen LogP contribution in [0.2, 0.25) is 0 Å². The highest BCUT2D eigenvalue weighted by Crippen LogP contribution is 2.39. The summed E-state index contributed by atoms with van der Waals surface area (Å²) in [7, 11) is 4.63. The van der Waals surface area contributed by atoms with Crippen LogP contribution in [-0.2, 0) is 19.3 Å². The van der Waals surface area contributed by atoms with Gasteiger partial charge in [0.1, 0.15) is 0 Å². The summed E-state index contributed by atoms with van der Waals surface area (Å²) in [6.07, 6.45) is -4.35.